The van der Waals surface area contributed by atoms with Crippen LogP contribution in [0.3, 0.4) is 0 Å². The molecule has 5 heteroatoms. The fourth-order valence-electron chi connectivity index (χ4n) is 11.4. The molecule has 14 rings (SSSR count). The fourth-order valence-corrected chi connectivity index (χ4v) is 11.4. The number of benzene rings is 10. The molecular weight excluding hydrogens is 1090 g/mol. The third kappa shape index (κ3) is 8.92. The third-order valence-corrected chi connectivity index (χ3v) is 14.7. The van der Waals surface area contributed by atoms with Crippen molar-refractivity contribution in [1.29, 1.82) is 0 Å². The van der Waals surface area contributed by atoms with Crippen LogP contribution in [0.2, 0.25) is 0 Å². The molecular formula is C70H46B2N2Pt. The van der Waals surface area contributed by atoms with E-state index >= 15 is 0 Å². The maximum absolute atomic E-state index is 4.85. The van der Waals surface area contributed by atoms with Gasteiger partial charge in [-0.25, -0.2) is 0 Å². The average Bonchev–Trinajstić information content (AvgIpc) is 4.01. The van der Waals surface area contributed by atoms with Gasteiger partial charge in [-0.15, -0.1) is 58.5 Å². The van der Waals surface area contributed by atoms with E-state index in [2.05, 4.69) is 279 Å². The molecule has 0 N–H and O–H groups in total. The second-order valence-electron chi connectivity index (χ2n) is 18.9. The molecule has 2 nitrogen and oxygen atoms in total. The Balaban J connectivity index is 0.000000150. The van der Waals surface area contributed by atoms with Gasteiger partial charge in [0.1, 0.15) is 0 Å². The fraction of sp³-hybridized carbons (Fsp3) is 0. The van der Waals surface area contributed by atoms with Crippen LogP contribution in [0.1, 0.15) is 0 Å². The molecule has 2 aliphatic rings. The number of hydrogen-bond acceptors (Lipinski definition) is 2. The third-order valence-electron chi connectivity index (χ3n) is 14.7. The Morgan fingerprint density at radius 3 is 0.867 bits per heavy atom. The smallest absolute Gasteiger partial charge is 0.305 e. The first-order chi connectivity index (χ1) is 36.8. The van der Waals surface area contributed by atoms with E-state index in [0.717, 1.165) is 22.5 Å². The monoisotopic (exact) mass is 1130 g/mol. The Morgan fingerprint density at radius 1 is 0.267 bits per heavy atom. The molecule has 352 valence electrons. The van der Waals surface area contributed by atoms with Gasteiger partial charge < -0.3 is 9.97 Å². The SMILES string of the molecule is [Pt+2].[c-]1cc(-c2ccccc2)cc2c1-c1ncccc1B2c1c(-c2ccccc2)cccc1-c1ccccc1.[c-]1cc(-c2ccccc2)cc2c1-c1ncccc1B2c1c(-c2ccccc2)cccc1-c1ccccc1. The molecule has 0 unspecified atom stereocenters. The van der Waals surface area contributed by atoms with Crippen LogP contribution in [0.5, 0.6) is 0 Å². The summed E-state index contributed by atoms with van der Waals surface area (Å²) in [5.74, 6) is 0. The molecule has 0 saturated carbocycles. The van der Waals surface area contributed by atoms with Crippen molar-refractivity contribution in [2.24, 2.45) is 0 Å². The first kappa shape index (κ1) is 47.3. The molecule has 10 aromatic carbocycles. The number of aromatic nitrogens is 2. The van der Waals surface area contributed by atoms with Gasteiger partial charge in [0.25, 0.3) is 0 Å². The van der Waals surface area contributed by atoms with Gasteiger partial charge in [-0.2, -0.15) is 0 Å². The normalized spacial score (nSPS) is 11.6. The Morgan fingerprint density at radius 2 is 0.560 bits per heavy atom. The zero-order chi connectivity index (χ0) is 49.2. The van der Waals surface area contributed by atoms with Crippen LogP contribution >= 0.6 is 0 Å². The summed E-state index contributed by atoms with van der Waals surface area (Å²) >= 11 is 0. The van der Waals surface area contributed by atoms with Gasteiger partial charge in [0.05, 0.1) is 0 Å². The van der Waals surface area contributed by atoms with Crippen molar-refractivity contribution in [2.75, 3.05) is 0 Å². The summed E-state index contributed by atoms with van der Waals surface area (Å²) in [5.41, 5.74) is 26.5. The minimum atomic E-state index is 0. The van der Waals surface area contributed by atoms with Crippen LogP contribution in [-0.2, 0) is 21.1 Å². The minimum Gasteiger partial charge on any atom is -0.305 e. The quantitative estimate of drug-likeness (QED) is 0.112. The van der Waals surface area contributed by atoms with E-state index in [-0.39, 0.29) is 34.5 Å². The van der Waals surface area contributed by atoms with Crippen molar-refractivity contribution in [2.45, 2.75) is 0 Å². The molecule has 0 radical (unpaired) electrons. The van der Waals surface area contributed by atoms with E-state index in [1.54, 1.807) is 0 Å². The summed E-state index contributed by atoms with van der Waals surface area (Å²) in [6.45, 7) is 0.0930. The molecule has 75 heavy (non-hydrogen) atoms. The van der Waals surface area contributed by atoms with E-state index < -0.39 is 0 Å². The zero-order valence-corrected chi connectivity index (χ0v) is 43.2. The summed E-state index contributed by atoms with van der Waals surface area (Å²) in [6, 6.07) is 102. The first-order valence-corrected chi connectivity index (χ1v) is 25.4. The summed E-state index contributed by atoms with van der Waals surface area (Å²) in [7, 11) is 0. The maximum Gasteiger partial charge on any atom is 2.00 e. The molecule has 0 fully saturated rings. The van der Waals surface area contributed by atoms with Crippen molar-refractivity contribution in [3.05, 3.63) is 291 Å². The van der Waals surface area contributed by atoms with E-state index in [1.165, 1.54) is 99.5 Å². The first-order valence-electron chi connectivity index (χ1n) is 25.4. The number of rotatable bonds is 8. The molecule has 4 heterocycles. The van der Waals surface area contributed by atoms with Crippen LogP contribution in [0.25, 0.3) is 89.3 Å². The standard InChI is InChI=1S/2C35H23BN.Pt/c2*1-4-12-25(13-5-1)28-21-22-31-33(24-28)36(32-20-11-23-37-35(31)32)34-29(26-14-6-2-7-15-26)18-10-19-30(34)27-16-8-3-9-17-27;/h2*1-21,23-24H;/q2*-1;+2. The maximum atomic E-state index is 4.85. The average molecular weight is 1130 g/mol. The van der Waals surface area contributed by atoms with Gasteiger partial charge >= 0.3 is 21.1 Å². The topological polar surface area (TPSA) is 25.8 Å². The van der Waals surface area contributed by atoms with Crippen molar-refractivity contribution in [1.82, 2.24) is 9.97 Å². The van der Waals surface area contributed by atoms with Gasteiger partial charge in [0.2, 0.25) is 0 Å². The number of hydrogen-bond donors (Lipinski definition) is 0. The van der Waals surface area contributed by atoms with Crippen LogP contribution < -0.4 is 32.8 Å². The van der Waals surface area contributed by atoms with Gasteiger partial charge in [0.15, 0.2) is 13.4 Å². The number of fused-ring (bicyclic) bond motifs is 6. The van der Waals surface area contributed by atoms with Gasteiger partial charge in [-0.1, -0.05) is 275 Å². The van der Waals surface area contributed by atoms with Crippen LogP contribution in [0.15, 0.2) is 279 Å². The van der Waals surface area contributed by atoms with Gasteiger partial charge in [-0.3, -0.25) is 0 Å². The summed E-state index contributed by atoms with van der Waals surface area (Å²) in [4.78, 5) is 9.70. The van der Waals surface area contributed by atoms with E-state index in [0.29, 0.717) is 0 Å². The molecule has 0 amide bonds. The summed E-state index contributed by atoms with van der Waals surface area (Å²) in [6.07, 6.45) is 3.79. The molecule has 0 aliphatic carbocycles. The Hall–Kier alpha value is -8.68. The van der Waals surface area contributed by atoms with E-state index in [1.807, 2.05) is 12.4 Å². The van der Waals surface area contributed by atoms with Crippen LogP contribution in [0.4, 0.5) is 0 Å². The van der Waals surface area contributed by atoms with Crippen LogP contribution in [-0.4, -0.2) is 23.4 Å². The molecule has 0 saturated heterocycles. The second kappa shape index (κ2) is 21.0. The van der Waals surface area contributed by atoms with Crippen molar-refractivity contribution < 1.29 is 21.1 Å². The molecule has 2 aromatic heterocycles. The number of pyridine rings is 2. The summed E-state index contributed by atoms with van der Waals surface area (Å²) in [5, 5.41) is 0. The Bertz CT molecular complexity index is 3570. The molecule has 0 atom stereocenters. The van der Waals surface area contributed by atoms with Crippen LogP contribution in [0, 0.1) is 12.1 Å². The van der Waals surface area contributed by atoms with Crippen molar-refractivity contribution in [3.8, 4) is 89.3 Å². The molecule has 12 aromatic rings. The number of nitrogens with zero attached hydrogens (tertiary/aromatic N) is 2. The Kier molecular flexibility index (Phi) is 13.3. The second-order valence-corrected chi connectivity index (χ2v) is 18.9. The minimum absolute atomic E-state index is 0. The van der Waals surface area contributed by atoms with Crippen molar-refractivity contribution >= 4 is 46.2 Å². The van der Waals surface area contributed by atoms with Crippen molar-refractivity contribution in [3.63, 3.8) is 0 Å². The molecule has 2 aliphatic heterocycles. The Labute approximate surface area is 455 Å². The van der Waals surface area contributed by atoms with Gasteiger partial charge in [0, 0.05) is 12.4 Å². The largest absolute Gasteiger partial charge is 2.00 e. The van der Waals surface area contributed by atoms with Gasteiger partial charge in [-0.05, 0) is 68.0 Å². The summed E-state index contributed by atoms with van der Waals surface area (Å²) < 4.78 is 0. The zero-order valence-electron chi connectivity index (χ0n) is 40.9. The molecule has 0 bridgehead atoms. The predicted molar refractivity (Wildman–Crippen MR) is 312 cm³/mol. The predicted octanol–water partition coefficient (Wildman–Crippen LogP) is 12.8. The molecule has 0 spiro atoms. The van der Waals surface area contributed by atoms with E-state index in [4.69, 9.17) is 9.97 Å². The van der Waals surface area contributed by atoms with E-state index in [9.17, 15) is 0 Å².